The van der Waals surface area contributed by atoms with Crippen LogP contribution in [-0.2, 0) is 17.8 Å². The molecule has 6 heteroatoms. The fourth-order valence-corrected chi connectivity index (χ4v) is 3.30. The lowest BCUT2D eigenvalue weighted by Gasteiger charge is -2.30. The highest BCUT2D eigenvalue weighted by molar-refractivity contribution is 5.57. The quantitative estimate of drug-likeness (QED) is 0.657. The van der Waals surface area contributed by atoms with Gasteiger partial charge >= 0.3 is 0 Å². The Bertz CT molecular complexity index is 756. The van der Waals surface area contributed by atoms with Crippen LogP contribution in [0.15, 0.2) is 48.5 Å². The van der Waals surface area contributed by atoms with E-state index in [2.05, 4.69) is 28.4 Å². The summed E-state index contributed by atoms with van der Waals surface area (Å²) in [6.45, 7) is 2.94. The van der Waals surface area contributed by atoms with Crippen LogP contribution in [-0.4, -0.2) is 54.7 Å². The van der Waals surface area contributed by atoms with Crippen molar-refractivity contribution in [1.29, 1.82) is 0 Å². The summed E-state index contributed by atoms with van der Waals surface area (Å²) in [5.74, 6) is -0.106. The maximum absolute atomic E-state index is 13.2. The van der Waals surface area contributed by atoms with E-state index in [-0.39, 0.29) is 6.54 Å². The number of fused-ring (bicyclic) bond motifs is 1. The van der Waals surface area contributed by atoms with Crippen LogP contribution >= 0.6 is 0 Å². The smallest absolute Gasteiger partial charge is 0.166 e. The Labute approximate surface area is 158 Å². The molecule has 0 amide bonds. The molecule has 0 fully saturated rings. The van der Waals surface area contributed by atoms with E-state index in [0.29, 0.717) is 25.1 Å². The second-order valence-corrected chi connectivity index (χ2v) is 6.82. The van der Waals surface area contributed by atoms with E-state index in [1.165, 1.54) is 29.3 Å². The summed E-state index contributed by atoms with van der Waals surface area (Å²) in [6, 6.07) is 14.1. The summed E-state index contributed by atoms with van der Waals surface area (Å²) in [6.07, 6.45) is 0.384. The van der Waals surface area contributed by atoms with E-state index >= 15 is 0 Å². The minimum absolute atomic E-state index is 0.250. The molecule has 2 aromatic rings. The number of halogens is 1. The molecule has 3 rings (SSSR count). The predicted octanol–water partition coefficient (Wildman–Crippen LogP) is 1.78. The van der Waals surface area contributed by atoms with Crippen molar-refractivity contribution < 1.29 is 19.0 Å². The second kappa shape index (κ2) is 9.60. The SMILES string of the molecule is O=CC(CNCC(O)CN1CCc2ccccc2C1)Oc1cccc(F)c1. The first-order valence-electron chi connectivity index (χ1n) is 9.19. The fraction of sp³-hybridized carbons (Fsp3) is 0.381. The number of nitrogens with one attached hydrogen (secondary N) is 1. The molecule has 0 radical (unpaired) electrons. The van der Waals surface area contributed by atoms with Gasteiger partial charge in [-0.1, -0.05) is 30.3 Å². The number of nitrogens with zero attached hydrogens (tertiary/aromatic N) is 1. The highest BCUT2D eigenvalue weighted by Gasteiger charge is 2.18. The number of carbonyl (C=O) groups is 1. The molecule has 2 unspecified atom stereocenters. The zero-order valence-corrected chi connectivity index (χ0v) is 15.2. The third-order valence-corrected chi connectivity index (χ3v) is 4.64. The van der Waals surface area contributed by atoms with Crippen molar-refractivity contribution in [1.82, 2.24) is 10.2 Å². The standard InChI is InChI=1S/C21H25FN2O3/c22-18-6-3-7-20(10-18)27-21(15-25)12-23-11-19(26)14-24-9-8-16-4-1-2-5-17(16)13-24/h1-7,10,15,19,21,23,26H,8-9,11-14H2. The van der Waals surface area contributed by atoms with Crippen molar-refractivity contribution in [3.8, 4) is 5.75 Å². The lowest BCUT2D eigenvalue weighted by Crippen LogP contribution is -2.43. The van der Waals surface area contributed by atoms with Crippen molar-refractivity contribution in [2.75, 3.05) is 26.2 Å². The fourth-order valence-electron chi connectivity index (χ4n) is 3.30. The summed E-state index contributed by atoms with van der Waals surface area (Å²) >= 11 is 0. The number of aldehydes is 1. The van der Waals surface area contributed by atoms with Gasteiger partial charge in [-0.15, -0.1) is 0 Å². The van der Waals surface area contributed by atoms with Gasteiger partial charge in [0, 0.05) is 38.8 Å². The Balaban J connectivity index is 1.40. The maximum atomic E-state index is 13.2. The Hall–Kier alpha value is -2.28. The predicted molar refractivity (Wildman–Crippen MR) is 101 cm³/mol. The van der Waals surface area contributed by atoms with Gasteiger partial charge in [0.2, 0.25) is 0 Å². The van der Waals surface area contributed by atoms with Crippen LogP contribution in [0.1, 0.15) is 11.1 Å². The molecular weight excluding hydrogens is 347 g/mol. The molecular formula is C21H25FN2O3. The monoisotopic (exact) mass is 372 g/mol. The molecule has 0 spiro atoms. The molecule has 1 aliphatic heterocycles. The summed E-state index contributed by atoms with van der Waals surface area (Å²) in [7, 11) is 0. The normalized spacial score (nSPS) is 16.4. The number of hydrogen-bond donors (Lipinski definition) is 2. The lowest BCUT2D eigenvalue weighted by molar-refractivity contribution is -0.113. The first-order chi connectivity index (χ1) is 13.1. The van der Waals surface area contributed by atoms with E-state index < -0.39 is 18.0 Å². The number of β-amino-alcohol motifs (C(OH)–C–C–N with tert-alkyl or cyclic N) is 1. The van der Waals surface area contributed by atoms with Crippen molar-refractivity contribution in [3.63, 3.8) is 0 Å². The Morgan fingerprint density at radius 2 is 2.00 bits per heavy atom. The average Bonchev–Trinajstić information content (AvgIpc) is 2.67. The Morgan fingerprint density at radius 1 is 1.19 bits per heavy atom. The van der Waals surface area contributed by atoms with Gasteiger partial charge in [-0.3, -0.25) is 9.69 Å². The topological polar surface area (TPSA) is 61.8 Å². The zero-order valence-electron chi connectivity index (χ0n) is 15.2. The lowest BCUT2D eigenvalue weighted by atomic mass is 10.00. The van der Waals surface area contributed by atoms with Gasteiger partial charge in [0.1, 0.15) is 11.6 Å². The Morgan fingerprint density at radius 3 is 2.78 bits per heavy atom. The maximum Gasteiger partial charge on any atom is 0.166 e. The third-order valence-electron chi connectivity index (χ3n) is 4.64. The number of benzene rings is 2. The summed E-state index contributed by atoms with van der Waals surface area (Å²) in [5.41, 5.74) is 2.69. The molecule has 2 N–H and O–H groups in total. The number of carbonyl (C=O) groups excluding carboxylic acids is 1. The van der Waals surface area contributed by atoms with Crippen molar-refractivity contribution >= 4 is 6.29 Å². The van der Waals surface area contributed by atoms with E-state index in [4.69, 9.17) is 4.74 Å². The number of aliphatic hydroxyl groups excluding tert-OH is 1. The number of hydrogen-bond acceptors (Lipinski definition) is 5. The molecule has 5 nitrogen and oxygen atoms in total. The van der Waals surface area contributed by atoms with E-state index in [0.717, 1.165) is 19.5 Å². The van der Waals surface area contributed by atoms with E-state index in [1.54, 1.807) is 6.07 Å². The second-order valence-electron chi connectivity index (χ2n) is 6.82. The largest absolute Gasteiger partial charge is 0.482 e. The summed E-state index contributed by atoms with van der Waals surface area (Å²) in [4.78, 5) is 13.4. The first kappa shape index (κ1) is 19.5. The van der Waals surface area contributed by atoms with Gasteiger partial charge in [-0.25, -0.2) is 4.39 Å². The van der Waals surface area contributed by atoms with Gasteiger partial charge in [-0.05, 0) is 29.7 Å². The van der Waals surface area contributed by atoms with E-state index in [9.17, 15) is 14.3 Å². The molecule has 0 bridgehead atoms. The van der Waals surface area contributed by atoms with Gasteiger partial charge in [0.05, 0.1) is 6.10 Å². The van der Waals surface area contributed by atoms with Crippen LogP contribution in [0.3, 0.4) is 0 Å². The molecule has 0 saturated carbocycles. The number of aliphatic hydroxyl groups is 1. The molecule has 1 heterocycles. The van der Waals surface area contributed by atoms with Gasteiger partial charge in [-0.2, -0.15) is 0 Å². The van der Waals surface area contributed by atoms with Gasteiger partial charge < -0.3 is 15.2 Å². The molecule has 2 atom stereocenters. The van der Waals surface area contributed by atoms with Crippen LogP contribution < -0.4 is 10.1 Å². The zero-order chi connectivity index (χ0) is 19.1. The van der Waals surface area contributed by atoms with Crippen molar-refractivity contribution in [2.24, 2.45) is 0 Å². The van der Waals surface area contributed by atoms with Crippen LogP contribution in [0.4, 0.5) is 4.39 Å². The highest BCUT2D eigenvalue weighted by Crippen LogP contribution is 2.18. The molecule has 1 aliphatic rings. The molecule has 2 aromatic carbocycles. The van der Waals surface area contributed by atoms with Crippen molar-refractivity contribution in [2.45, 2.75) is 25.2 Å². The molecule has 0 aliphatic carbocycles. The molecule has 27 heavy (non-hydrogen) atoms. The first-order valence-corrected chi connectivity index (χ1v) is 9.19. The highest BCUT2D eigenvalue weighted by atomic mass is 19.1. The van der Waals surface area contributed by atoms with Gasteiger partial charge in [0.15, 0.2) is 12.4 Å². The summed E-state index contributed by atoms with van der Waals surface area (Å²) < 4.78 is 18.6. The molecule has 144 valence electrons. The molecule has 0 aromatic heterocycles. The van der Waals surface area contributed by atoms with E-state index in [1.807, 2.05) is 6.07 Å². The average molecular weight is 372 g/mol. The number of rotatable bonds is 9. The van der Waals surface area contributed by atoms with Crippen LogP contribution in [0, 0.1) is 5.82 Å². The van der Waals surface area contributed by atoms with Crippen LogP contribution in [0.25, 0.3) is 0 Å². The Kier molecular flexibility index (Phi) is 6.92. The third kappa shape index (κ3) is 5.85. The van der Waals surface area contributed by atoms with Crippen molar-refractivity contribution in [3.05, 3.63) is 65.5 Å². The molecule has 0 saturated heterocycles. The van der Waals surface area contributed by atoms with Crippen LogP contribution in [0.5, 0.6) is 5.75 Å². The van der Waals surface area contributed by atoms with Crippen LogP contribution in [0.2, 0.25) is 0 Å². The minimum atomic E-state index is -0.735. The number of ether oxygens (including phenoxy) is 1. The minimum Gasteiger partial charge on any atom is -0.482 e. The summed E-state index contributed by atoms with van der Waals surface area (Å²) in [5, 5.41) is 13.3. The van der Waals surface area contributed by atoms with Gasteiger partial charge in [0.25, 0.3) is 0 Å².